The van der Waals surface area contributed by atoms with E-state index in [9.17, 15) is 0 Å². The lowest BCUT2D eigenvalue weighted by atomic mass is 10.0. The van der Waals surface area contributed by atoms with Crippen molar-refractivity contribution in [2.24, 2.45) is 5.73 Å². The molecule has 2 N–H and O–H groups in total. The van der Waals surface area contributed by atoms with Gasteiger partial charge < -0.3 is 15.2 Å². The van der Waals surface area contributed by atoms with Crippen LogP contribution in [0, 0.1) is 0 Å². The number of methoxy groups -OCH3 is 1. The Morgan fingerprint density at radius 3 is 2.86 bits per heavy atom. The van der Waals surface area contributed by atoms with E-state index in [1.165, 1.54) is 10.5 Å². The molecule has 3 rings (SSSR count). The number of benzene rings is 2. The molecular weight excluding hydrogens is 282 g/mol. The summed E-state index contributed by atoms with van der Waals surface area (Å²) in [5.41, 5.74) is 8.13. The number of thioether (sulfide) groups is 1. The van der Waals surface area contributed by atoms with Crippen molar-refractivity contribution in [3.8, 4) is 11.5 Å². The van der Waals surface area contributed by atoms with Crippen LogP contribution in [0.25, 0.3) is 0 Å². The third kappa shape index (κ3) is 3.01. The van der Waals surface area contributed by atoms with E-state index in [2.05, 4.69) is 24.3 Å². The molecule has 1 aliphatic rings. The van der Waals surface area contributed by atoms with Gasteiger partial charge in [-0.2, -0.15) is 0 Å². The fraction of sp³-hybridized carbons (Fsp3) is 0.294. The number of nitrogens with two attached hydrogens (primary N) is 1. The fourth-order valence-corrected chi connectivity index (χ4v) is 3.75. The van der Waals surface area contributed by atoms with Crippen molar-refractivity contribution in [3.63, 3.8) is 0 Å². The van der Waals surface area contributed by atoms with E-state index in [4.69, 9.17) is 15.2 Å². The van der Waals surface area contributed by atoms with Crippen LogP contribution in [0.1, 0.15) is 17.0 Å². The molecule has 0 spiro atoms. The first-order valence-corrected chi connectivity index (χ1v) is 8.02. The van der Waals surface area contributed by atoms with Gasteiger partial charge in [-0.3, -0.25) is 0 Å². The summed E-state index contributed by atoms with van der Waals surface area (Å²) in [6.07, 6.45) is 0. The average molecular weight is 301 g/mol. The Morgan fingerprint density at radius 1 is 1.19 bits per heavy atom. The molecule has 21 heavy (non-hydrogen) atoms. The Bertz CT molecular complexity index is 630. The van der Waals surface area contributed by atoms with Gasteiger partial charge in [-0.25, -0.2) is 0 Å². The minimum Gasteiger partial charge on any atom is -0.493 e. The second kappa shape index (κ2) is 6.41. The smallest absolute Gasteiger partial charge is 0.161 e. The largest absolute Gasteiger partial charge is 0.493 e. The molecule has 0 amide bonds. The van der Waals surface area contributed by atoms with Crippen molar-refractivity contribution in [3.05, 3.63) is 53.6 Å². The summed E-state index contributed by atoms with van der Waals surface area (Å²) < 4.78 is 11.4. The van der Waals surface area contributed by atoms with Crippen LogP contribution in [0.4, 0.5) is 0 Å². The minimum atomic E-state index is 0.428. The maximum absolute atomic E-state index is 6.02. The van der Waals surface area contributed by atoms with Crippen LogP contribution in [-0.2, 0) is 6.54 Å². The van der Waals surface area contributed by atoms with Crippen LogP contribution in [-0.4, -0.2) is 19.5 Å². The Hall–Kier alpha value is -1.65. The summed E-state index contributed by atoms with van der Waals surface area (Å²) >= 11 is 1.90. The first-order valence-electron chi connectivity index (χ1n) is 7.03. The molecule has 2 aromatic rings. The van der Waals surface area contributed by atoms with E-state index in [0.717, 1.165) is 22.8 Å². The molecule has 110 valence electrons. The van der Waals surface area contributed by atoms with Gasteiger partial charge in [0.2, 0.25) is 0 Å². The molecule has 1 atom stereocenters. The molecule has 1 heterocycles. The molecule has 0 aliphatic carbocycles. The van der Waals surface area contributed by atoms with Crippen LogP contribution < -0.4 is 15.2 Å². The fourth-order valence-electron chi connectivity index (χ4n) is 2.52. The molecular formula is C17H19NO2S. The standard InChI is InChI=1S/C17H19NO2S/c1-19-15-7-6-12(9-18)8-16(15)20-10-13-11-21-17-5-3-2-4-14(13)17/h2-8,13H,9-11,18H2,1H3. The number of fused-ring (bicyclic) bond motifs is 1. The SMILES string of the molecule is COc1ccc(CN)cc1OCC1CSc2ccccc21. The van der Waals surface area contributed by atoms with Crippen LogP contribution >= 0.6 is 11.8 Å². The highest BCUT2D eigenvalue weighted by Crippen LogP contribution is 2.40. The lowest BCUT2D eigenvalue weighted by Gasteiger charge is -2.15. The Kier molecular flexibility index (Phi) is 4.36. The van der Waals surface area contributed by atoms with Gasteiger partial charge in [0.05, 0.1) is 13.7 Å². The third-order valence-electron chi connectivity index (χ3n) is 3.70. The van der Waals surface area contributed by atoms with Gasteiger partial charge in [0.15, 0.2) is 11.5 Å². The molecule has 2 aromatic carbocycles. The molecule has 0 saturated carbocycles. The Labute approximate surface area is 129 Å². The van der Waals surface area contributed by atoms with Crippen LogP contribution in [0.2, 0.25) is 0 Å². The first-order chi connectivity index (χ1) is 10.3. The zero-order valence-electron chi connectivity index (χ0n) is 12.0. The molecule has 0 aromatic heterocycles. The molecule has 1 aliphatic heterocycles. The zero-order chi connectivity index (χ0) is 14.7. The summed E-state index contributed by atoms with van der Waals surface area (Å²) in [4.78, 5) is 1.37. The monoisotopic (exact) mass is 301 g/mol. The van der Waals surface area contributed by atoms with Crippen molar-refractivity contribution < 1.29 is 9.47 Å². The Balaban J connectivity index is 1.74. The van der Waals surface area contributed by atoms with E-state index in [1.807, 2.05) is 30.0 Å². The van der Waals surface area contributed by atoms with Gasteiger partial charge in [0.1, 0.15) is 0 Å². The lowest BCUT2D eigenvalue weighted by molar-refractivity contribution is 0.279. The van der Waals surface area contributed by atoms with E-state index in [1.54, 1.807) is 7.11 Å². The van der Waals surface area contributed by atoms with Crippen LogP contribution in [0.5, 0.6) is 11.5 Å². The quantitative estimate of drug-likeness (QED) is 0.919. The number of ether oxygens (including phenoxy) is 2. The molecule has 0 saturated heterocycles. The maximum atomic E-state index is 6.02. The van der Waals surface area contributed by atoms with Gasteiger partial charge in [-0.1, -0.05) is 24.3 Å². The highest BCUT2D eigenvalue weighted by atomic mass is 32.2. The van der Waals surface area contributed by atoms with Gasteiger partial charge in [0.25, 0.3) is 0 Å². The molecule has 3 nitrogen and oxygen atoms in total. The molecule has 0 radical (unpaired) electrons. The summed E-state index contributed by atoms with van der Waals surface area (Å²) in [5.74, 6) is 3.02. The predicted octanol–water partition coefficient (Wildman–Crippen LogP) is 3.42. The number of hydrogen-bond acceptors (Lipinski definition) is 4. The van der Waals surface area contributed by atoms with Gasteiger partial charge in [-0.15, -0.1) is 11.8 Å². The lowest BCUT2D eigenvalue weighted by Crippen LogP contribution is -2.10. The molecule has 1 unspecified atom stereocenters. The first kappa shape index (κ1) is 14.3. The number of rotatable bonds is 5. The number of hydrogen-bond donors (Lipinski definition) is 1. The van der Waals surface area contributed by atoms with Crippen LogP contribution in [0.15, 0.2) is 47.4 Å². The second-order valence-electron chi connectivity index (χ2n) is 5.05. The van der Waals surface area contributed by atoms with E-state index >= 15 is 0 Å². The Morgan fingerprint density at radius 2 is 2.05 bits per heavy atom. The zero-order valence-corrected chi connectivity index (χ0v) is 12.9. The second-order valence-corrected chi connectivity index (χ2v) is 6.11. The van der Waals surface area contributed by atoms with E-state index in [0.29, 0.717) is 19.1 Å². The maximum Gasteiger partial charge on any atom is 0.161 e. The summed E-state index contributed by atoms with van der Waals surface area (Å²) in [5, 5.41) is 0. The van der Waals surface area contributed by atoms with Gasteiger partial charge in [-0.05, 0) is 29.3 Å². The van der Waals surface area contributed by atoms with Crippen molar-refractivity contribution in [1.82, 2.24) is 0 Å². The molecule has 0 bridgehead atoms. The van der Waals surface area contributed by atoms with Crippen LogP contribution in [0.3, 0.4) is 0 Å². The highest BCUT2D eigenvalue weighted by Gasteiger charge is 2.23. The average Bonchev–Trinajstić information content (AvgIpc) is 2.96. The van der Waals surface area contributed by atoms with E-state index < -0.39 is 0 Å². The van der Waals surface area contributed by atoms with Crippen molar-refractivity contribution in [2.45, 2.75) is 17.4 Å². The van der Waals surface area contributed by atoms with Gasteiger partial charge >= 0.3 is 0 Å². The van der Waals surface area contributed by atoms with Crippen molar-refractivity contribution in [1.29, 1.82) is 0 Å². The van der Waals surface area contributed by atoms with E-state index in [-0.39, 0.29) is 0 Å². The van der Waals surface area contributed by atoms with Crippen molar-refractivity contribution >= 4 is 11.8 Å². The minimum absolute atomic E-state index is 0.428. The summed E-state index contributed by atoms with van der Waals surface area (Å²) in [6, 6.07) is 14.4. The molecule has 4 heteroatoms. The summed E-state index contributed by atoms with van der Waals surface area (Å²) in [7, 11) is 1.66. The summed E-state index contributed by atoms with van der Waals surface area (Å²) in [6.45, 7) is 1.16. The molecule has 0 fully saturated rings. The normalized spacial score (nSPS) is 16.6. The topological polar surface area (TPSA) is 44.5 Å². The third-order valence-corrected chi connectivity index (χ3v) is 4.95. The van der Waals surface area contributed by atoms with Crippen molar-refractivity contribution in [2.75, 3.05) is 19.5 Å². The van der Waals surface area contributed by atoms with Gasteiger partial charge in [0, 0.05) is 23.1 Å². The highest BCUT2D eigenvalue weighted by molar-refractivity contribution is 7.99. The predicted molar refractivity (Wildman–Crippen MR) is 86.3 cm³/mol.